The Hall–Kier alpha value is -3.20. The van der Waals surface area contributed by atoms with Gasteiger partial charge in [0.05, 0.1) is 15.9 Å². The van der Waals surface area contributed by atoms with Crippen LogP contribution in [0.25, 0.3) is 10.6 Å². The largest absolute Gasteiger partial charge is 0.338 e. The summed E-state index contributed by atoms with van der Waals surface area (Å²) in [5.41, 5.74) is -0.364. The highest BCUT2D eigenvalue weighted by Crippen LogP contribution is 2.31. The van der Waals surface area contributed by atoms with Gasteiger partial charge in [0.1, 0.15) is 5.82 Å². The van der Waals surface area contributed by atoms with Crippen LogP contribution in [0.3, 0.4) is 0 Å². The van der Waals surface area contributed by atoms with Gasteiger partial charge in [-0.3, -0.25) is 15.4 Å². The summed E-state index contributed by atoms with van der Waals surface area (Å²) >= 11 is 6.79. The van der Waals surface area contributed by atoms with Crippen molar-refractivity contribution < 1.29 is 22.5 Å². The quantitative estimate of drug-likeness (QED) is 0.296. The van der Waals surface area contributed by atoms with Crippen molar-refractivity contribution in [2.75, 3.05) is 18.4 Å². The number of nitrogens with zero attached hydrogens (tertiary/aromatic N) is 4. The molecule has 2 N–H and O–H groups in total. The van der Waals surface area contributed by atoms with Crippen molar-refractivity contribution in [3.8, 4) is 10.6 Å². The summed E-state index contributed by atoms with van der Waals surface area (Å²) in [5.74, 6) is -0.827. The van der Waals surface area contributed by atoms with E-state index in [1.807, 2.05) is 0 Å². The third-order valence-corrected chi connectivity index (χ3v) is 8.89. The molecule has 2 heterocycles. The summed E-state index contributed by atoms with van der Waals surface area (Å²) in [7, 11) is -3.70. The SMILES string of the molecule is O=C(NCCC1CCCCN1S(=O)(=O)c1ccc(Cl)cc1)Nc1nnc(-c2ccc([N+](=O)[O-])cc2F)s1. The first-order valence-electron chi connectivity index (χ1n) is 11.3. The van der Waals surface area contributed by atoms with Crippen molar-refractivity contribution in [1.29, 1.82) is 0 Å². The van der Waals surface area contributed by atoms with Gasteiger partial charge in [-0.2, -0.15) is 4.31 Å². The fraction of sp³-hybridized carbons (Fsp3) is 0.318. The number of anilines is 1. The average Bonchev–Trinajstić information content (AvgIpc) is 3.32. The Morgan fingerprint density at radius 3 is 2.68 bits per heavy atom. The molecule has 0 spiro atoms. The molecule has 0 bridgehead atoms. The minimum Gasteiger partial charge on any atom is -0.338 e. The third kappa shape index (κ3) is 6.39. The van der Waals surface area contributed by atoms with E-state index in [4.69, 9.17) is 11.6 Å². The molecule has 37 heavy (non-hydrogen) atoms. The molecule has 1 aromatic heterocycles. The molecule has 1 aliphatic heterocycles. The van der Waals surface area contributed by atoms with Gasteiger partial charge in [-0.25, -0.2) is 17.6 Å². The number of benzene rings is 2. The number of nitrogens with one attached hydrogen (secondary N) is 2. The average molecular weight is 569 g/mol. The van der Waals surface area contributed by atoms with Crippen LogP contribution in [-0.4, -0.2) is 53.0 Å². The highest BCUT2D eigenvalue weighted by Gasteiger charge is 2.33. The fourth-order valence-electron chi connectivity index (χ4n) is 3.99. The first kappa shape index (κ1) is 26.9. The second kappa shape index (κ2) is 11.5. The van der Waals surface area contributed by atoms with Crippen LogP contribution in [0.15, 0.2) is 47.4 Å². The zero-order valence-electron chi connectivity index (χ0n) is 19.3. The summed E-state index contributed by atoms with van der Waals surface area (Å²) in [6.07, 6.45) is 2.73. The molecular weight excluding hydrogens is 547 g/mol. The van der Waals surface area contributed by atoms with Gasteiger partial charge in [-0.05, 0) is 49.6 Å². The maximum Gasteiger partial charge on any atom is 0.321 e. The van der Waals surface area contributed by atoms with Crippen LogP contribution in [0.4, 0.5) is 20.0 Å². The predicted octanol–water partition coefficient (Wildman–Crippen LogP) is 4.66. The first-order valence-corrected chi connectivity index (χ1v) is 13.9. The summed E-state index contributed by atoms with van der Waals surface area (Å²) in [6, 6.07) is 8.36. The van der Waals surface area contributed by atoms with Crippen LogP contribution in [0.1, 0.15) is 25.7 Å². The van der Waals surface area contributed by atoms with Crippen LogP contribution in [0.5, 0.6) is 0 Å². The number of rotatable bonds is 8. The van der Waals surface area contributed by atoms with Crippen LogP contribution >= 0.6 is 22.9 Å². The zero-order chi connectivity index (χ0) is 26.6. The van der Waals surface area contributed by atoms with Gasteiger partial charge in [-0.15, -0.1) is 10.2 Å². The zero-order valence-corrected chi connectivity index (χ0v) is 21.7. The van der Waals surface area contributed by atoms with Gasteiger partial charge < -0.3 is 5.32 Å². The molecule has 3 aromatic rings. The normalized spacial score (nSPS) is 16.3. The van der Waals surface area contributed by atoms with E-state index in [1.54, 1.807) is 0 Å². The van der Waals surface area contributed by atoms with Crippen LogP contribution in [0, 0.1) is 15.9 Å². The first-order chi connectivity index (χ1) is 17.6. The molecule has 15 heteroatoms. The van der Waals surface area contributed by atoms with Crippen LogP contribution in [-0.2, 0) is 10.0 Å². The number of halogens is 2. The van der Waals surface area contributed by atoms with E-state index in [9.17, 15) is 27.7 Å². The Labute approximate surface area is 220 Å². The lowest BCUT2D eigenvalue weighted by Crippen LogP contribution is -2.45. The Morgan fingerprint density at radius 2 is 1.97 bits per heavy atom. The molecule has 2 aromatic carbocycles. The van der Waals surface area contributed by atoms with Crippen molar-refractivity contribution >= 4 is 49.8 Å². The summed E-state index contributed by atoms with van der Waals surface area (Å²) in [6.45, 7) is 0.611. The molecular formula is C22H22ClFN6O5S2. The molecule has 0 saturated carbocycles. The number of aromatic nitrogens is 2. The number of urea groups is 1. The Kier molecular flexibility index (Phi) is 8.32. The monoisotopic (exact) mass is 568 g/mol. The number of carbonyl (C=O) groups excluding carboxylic acids is 1. The van der Waals surface area contributed by atoms with Crippen molar-refractivity contribution in [2.24, 2.45) is 0 Å². The smallest absolute Gasteiger partial charge is 0.321 e. The van der Waals surface area contributed by atoms with Crippen molar-refractivity contribution in [3.05, 3.63) is 63.4 Å². The highest BCUT2D eigenvalue weighted by atomic mass is 35.5. The Balaban J connectivity index is 1.33. The van der Waals surface area contributed by atoms with Gasteiger partial charge in [0, 0.05) is 35.8 Å². The van der Waals surface area contributed by atoms with E-state index >= 15 is 0 Å². The Morgan fingerprint density at radius 1 is 1.22 bits per heavy atom. The maximum absolute atomic E-state index is 14.2. The van der Waals surface area contributed by atoms with Crippen LogP contribution < -0.4 is 10.6 Å². The van der Waals surface area contributed by atoms with Crippen molar-refractivity contribution in [3.63, 3.8) is 0 Å². The predicted molar refractivity (Wildman–Crippen MR) is 137 cm³/mol. The van der Waals surface area contributed by atoms with Gasteiger partial charge >= 0.3 is 6.03 Å². The third-order valence-electron chi connectivity index (χ3n) is 5.80. The Bertz CT molecular complexity index is 1400. The maximum atomic E-state index is 14.2. The molecule has 11 nitrogen and oxygen atoms in total. The number of nitro benzene ring substituents is 1. The van der Waals surface area contributed by atoms with E-state index < -0.39 is 26.8 Å². The molecule has 2 amide bonds. The van der Waals surface area contributed by atoms with E-state index in [1.165, 1.54) is 34.6 Å². The van der Waals surface area contributed by atoms with Crippen molar-refractivity contribution in [2.45, 2.75) is 36.6 Å². The number of non-ortho nitro benzene ring substituents is 1. The van der Waals surface area contributed by atoms with E-state index in [-0.39, 0.29) is 38.9 Å². The minimum absolute atomic E-state index is 0.0239. The molecule has 0 aliphatic carbocycles. The molecule has 0 radical (unpaired) electrons. The molecule has 4 rings (SSSR count). The fourth-order valence-corrected chi connectivity index (χ4v) is 6.60. The lowest BCUT2D eigenvalue weighted by atomic mass is 10.0. The number of amides is 2. The van der Waals surface area contributed by atoms with Gasteiger partial charge in [-0.1, -0.05) is 29.4 Å². The van der Waals surface area contributed by atoms with Crippen molar-refractivity contribution in [1.82, 2.24) is 19.8 Å². The number of nitro groups is 1. The second-order valence-corrected chi connectivity index (χ2v) is 11.5. The molecule has 196 valence electrons. The van der Waals surface area contributed by atoms with Crippen LogP contribution in [0.2, 0.25) is 5.02 Å². The second-order valence-electron chi connectivity index (χ2n) is 8.22. The molecule has 1 saturated heterocycles. The van der Waals surface area contributed by atoms with E-state index in [0.29, 0.717) is 24.4 Å². The summed E-state index contributed by atoms with van der Waals surface area (Å²) < 4.78 is 42.0. The van der Waals surface area contributed by atoms with E-state index in [2.05, 4.69) is 20.8 Å². The van der Waals surface area contributed by atoms with Gasteiger partial charge in [0.2, 0.25) is 15.2 Å². The number of sulfonamides is 1. The lowest BCUT2D eigenvalue weighted by molar-refractivity contribution is -0.385. The summed E-state index contributed by atoms with van der Waals surface area (Å²) in [4.78, 5) is 22.6. The number of hydrogen-bond acceptors (Lipinski definition) is 8. The van der Waals surface area contributed by atoms with E-state index in [0.717, 1.165) is 36.3 Å². The minimum atomic E-state index is -3.70. The number of carbonyl (C=O) groups is 1. The lowest BCUT2D eigenvalue weighted by Gasteiger charge is -2.34. The molecule has 1 atom stereocenters. The number of hydrogen-bond donors (Lipinski definition) is 2. The molecule has 1 fully saturated rings. The molecule has 1 unspecified atom stereocenters. The van der Waals surface area contributed by atoms with Gasteiger partial charge in [0.25, 0.3) is 5.69 Å². The highest BCUT2D eigenvalue weighted by molar-refractivity contribution is 7.89. The number of piperidine rings is 1. The molecule has 1 aliphatic rings. The standard InChI is InChI=1S/C22H22ClFN6O5S2/c23-14-4-7-17(8-5-14)37(34,35)29-12-2-1-3-15(29)10-11-25-21(31)26-22-28-27-20(36-22)18-9-6-16(30(32)33)13-19(18)24/h4-9,13,15H,1-3,10-12H2,(H2,25,26,28,31). The topological polar surface area (TPSA) is 147 Å². The van der Waals surface area contributed by atoms with Gasteiger partial charge in [0.15, 0.2) is 5.01 Å². The summed E-state index contributed by atoms with van der Waals surface area (Å²) in [5, 5.41) is 24.3.